The second-order valence-corrected chi connectivity index (χ2v) is 6.83. The van der Waals surface area contributed by atoms with E-state index < -0.39 is 5.97 Å². The number of carbonyl (C=O) groups excluding carboxylic acids is 2. The lowest BCUT2D eigenvalue weighted by Crippen LogP contribution is -2.59. The molecule has 21 heavy (non-hydrogen) atoms. The van der Waals surface area contributed by atoms with Crippen molar-refractivity contribution in [2.75, 3.05) is 20.3 Å². The quantitative estimate of drug-likeness (QED) is 0.442. The summed E-state index contributed by atoms with van der Waals surface area (Å²) in [6.07, 6.45) is 2.61. The van der Waals surface area contributed by atoms with E-state index in [1.807, 2.05) is 0 Å². The van der Waals surface area contributed by atoms with Gasteiger partial charge in [-0.1, -0.05) is 6.58 Å². The lowest BCUT2D eigenvalue weighted by molar-refractivity contribution is -0.159. The molecular weight excluding hydrogens is 270 g/mol. The number of hydrogen-bond donors (Lipinski definition) is 0. The van der Waals surface area contributed by atoms with Crippen LogP contribution in [0.5, 0.6) is 0 Å². The average molecular weight is 297 g/mol. The number of hydrogen-bond acceptors (Lipinski definition) is 5. The summed E-state index contributed by atoms with van der Waals surface area (Å²) >= 11 is 0. The molecule has 120 valence electrons. The molecule has 1 aliphatic heterocycles. The van der Waals surface area contributed by atoms with E-state index in [1.165, 1.54) is 0 Å². The molecule has 0 aromatic rings. The Hall–Kier alpha value is -1.36. The van der Waals surface area contributed by atoms with E-state index in [4.69, 9.17) is 9.47 Å². The van der Waals surface area contributed by atoms with Gasteiger partial charge in [0, 0.05) is 17.2 Å². The maximum absolute atomic E-state index is 12.2. The van der Waals surface area contributed by atoms with E-state index in [2.05, 4.69) is 46.2 Å². The fourth-order valence-electron chi connectivity index (χ4n) is 3.00. The molecule has 0 bridgehead atoms. The number of carbonyl (C=O) groups is 2. The fraction of sp³-hybridized carbons (Fsp3) is 0.750. The molecule has 1 aliphatic rings. The number of nitrogens with zero attached hydrogens (tertiary/aromatic N) is 1. The third-order valence-electron chi connectivity index (χ3n) is 4.38. The monoisotopic (exact) mass is 297 g/mol. The maximum Gasteiger partial charge on any atom is 0.330 e. The van der Waals surface area contributed by atoms with Crippen molar-refractivity contribution in [1.82, 2.24) is 4.90 Å². The first-order valence-electron chi connectivity index (χ1n) is 7.30. The number of esters is 2. The summed E-state index contributed by atoms with van der Waals surface area (Å²) in [4.78, 5) is 25.4. The zero-order valence-electron chi connectivity index (χ0n) is 13.8. The first kappa shape index (κ1) is 17.7. The van der Waals surface area contributed by atoms with Gasteiger partial charge in [-0.15, -0.1) is 0 Å². The summed E-state index contributed by atoms with van der Waals surface area (Å²) in [7, 11) is 2.09. The zero-order chi connectivity index (χ0) is 16.3. The summed E-state index contributed by atoms with van der Waals surface area (Å²) in [6, 6.07) is 0. The van der Waals surface area contributed by atoms with Gasteiger partial charge in [-0.3, -0.25) is 9.69 Å². The number of rotatable bonds is 5. The van der Waals surface area contributed by atoms with Crippen LogP contribution in [-0.2, 0) is 19.1 Å². The lowest BCUT2D eigenvalue weighted by atomic mass is 9.74. The first-order valence-corrected chi connectivity index (χ1v) is 7.30. The molecule has 1 fully saturated rings. The fourth-order valence-corrected chi connectivity index (χ4v) is 3.00. The first-order chi connectivity index (χ1) is 9.60. The minimum Gasteiger partial charge on any atom is -0.462 e. The summed E-state index contributed by atoms with van der Waals surface area (Å²) in [5.41, 5.74) is -0.110. The van der Waals surface area contributed by atoms with Gasteiger partial charge in [0.15, 0.2) is 0 Å². The smallest absolute Gasteiger partial charge is 0.330 e. The van der Waals surface area contributed by atoms with Crippen molar-refractivity contribution in [2.24, 2.45) is 5.92 Å². The second kappa shape index (κ2) is 6.60. The highest BCUT2D eigenvalue weighted by molar-refractivity contribution is 5.81. The van der Waals surface area contributed by atoms with Crippen molar-refractivity contribution in [1.29, 1.82) is 0 Å². The molecule has 0 aromatic heterocycles. The Kier molecular flexibility index (Phi) is 5.56. The van der Waals surface area contributed by atoms with Crippen molar-refractivity contribution in [2.45, 2.75) is 51.6 Å². The molecule has 1 saturated heterocycles. The summed E-state index contributed by atoms with van der Waals surface area (Å²) in [5.74, 6) is -0.840. The van der Waals surface area contributed by atoms with Crippen LogP contribution < -0.4 is 0 Å². The SMILES string of the molecule is C=CC(=O)OCCOC(=O)C1CC(C)(C)N(C)C(C)(C)C1. The van der Waals surface area contributed by atoms with Crippen LogP contribution in [0.4, 0.5) is 0 Å². The van der Waals surface area contributed by atoms with Gasteiger partial charge >= 0.3 is 11.9 Å². The minimum absolute atomic E-state index is 0.0548. The average Bonchev–Trinajstić information content (AvgIpc) is 2.39. The largest absolute Gasteiger partial charge is 0.462 e. The Balaban J connectivity index is 2.51. The molecule has 5 nitrogen and oxygen atoms in total. The Labute approximate surface area is 127 Å². The molecule has 0 radical (unpaired) electrons. The zero-order valence-corrected chi connectivity index (χ0v) is 13.8. The molecule has 0 spiro atoms. The summed E-state index contributed by atoms with van der Waals surface area (Å²) < 4.78 is 10.0. The van der Waals surface area contributed by atoms with Crippen molar-refractivity contribution in [3.8, 4) is 0 Å². The Bertz CT molecular complexity index is 397. The third-order valence-corrected chi connectivity index (χ3v) is 4.38. The van der Waals surface area contributed by atoms with Crippen LogP contribution >= 0.6 is 0 Å². The third kappa shape index (κ3) is 4.56. The van der Waals surface area contributed by atoms with E-state index in [9.17, 15) is 9.59 Å². The van der Waals surface area contributed by atoms with E-state index in [1.54, 1.807) is 0 Å². The Morgan fingerprint density at radius 2 is 1.62 bits per heavy atom. The molecule has 0 saturated carbocycles. The standard InChI is InChI=1S/C16H27NO4/c1-7-13(18)20-8-9-21-14(19)12-10-15(2,3)17(6)16(4,5)11-12/h7,12H,1,8-11H2,2-6H3. The molecule has 1 rings (SSSR count). The number of piperidine rings is 1. The van der Waals surface area contributed by atoms with Gasteiger partial charge in [-0.25, -0.2) is 4.79 Å². The van der Waals surface area contributed by atoms with E-state index in [-0.39, 0.29) is 36.2 Å². The predicted molar refractivity (Wildman–Crippen MR) is 80.8 cm³/mol. The van der Waals surface area contributed by atoms with Crippen LogP contribution in [0.1, 0.15) is 40.5 Å². The summed E-state index contributed by atoms with van der Waals surface area (Å²) in [5, 5.41) is 0. The highest BCUT2D eigenvalue weighted by atomic mass is 16.6. The van der Waals surface area contributed by atoms with Crippen molar-refractivity contribution < 1.29 is 19.1 Å². The molecule has 5 heteroatoms. The minimum atomic E-state index is -0.507. The normalized spacial score (nSPS) is 21.6. The van der Waals surface area contributed by atoms with Crippen LogP contribution in [0.15, 0.2) is 12.7 Å². The Morgan fingerprint density at radius 1 is 1.14 bits per heavy atom. The molecular formula is C16H27NO4. The van der Waals surface area contributed by atoms with Crippen LogP contribution in [-0.4, -0.2) is 48.2 Å². The van der Waals surface area contributed by atoms with Crippen LogP contribution in [0.25, 0.3) is 0 Å². The van der Waals surface area contributed by atoms with Gasteiger partial charge in [0.25, 0.3) is 0 Å². The highest BCUT2D eigenvalue weighted by Gasteiger charge is 2.45. The van der Waals surface area contributed by atoms with E-state index in [0.717, 1.165) is 18.9 Å². The summed E-state index contributed by atoms with van der Waals surface area (Å²) in [6.45, 7) is 12.0. The molecule has 0 amide bonds. The Morgan fingerprint density at radius 3 is 2.10 bits per heavy atom. The van der Waals surface area contributed by atoms with Gasteiger partial charge in [-0.2, -0.15) is 0 Å². The van der Waals surface area contributed by atoms with Gasteiger partial charge < -0.3 is 9.47 Å². The topological polar surface area (TPSA) is 55.8 Å². The van der Waals surface area contributed by atoms with Crippen LogP contribution in [0.3, 0.4) is 0 Å². The predicted octanol–water partition coefficient (Wildman–Crippen LogP) is 2.16. The molecule has 0 aliphatic carbocycles. The molecule has 0 N–H and O–H groups in total. The maximum atomic E-state index is 12.2. The van der Waals surface area contributed by atoms with Gasteiger partial charge in [0.1, 0.15) is 13.2 Å². The van der Waals surface area contributed by atoms with Crippen molar-refractivity contribution >= 4 is 11.9 Å². The lowest BCUT2D eigenvalue weighted by Gasteiger charge is -2.53. The second-order valence-electron chi connectivity index (χ2n) is 6.83. The van der Waals surface area contributed by atoms with Gasteiger partial charge in [-0.05, 0) is 47.6 Å². The van der Waals surface area contributed by atoms with Gasteiger partial charge in [0.05, 0.1) is 5.92 Å². The van der Waals surface area contributed by atoms with Gasteiger partial charge in [0.2, 0.25) is 0 Å². The van der Waals surface area contributed by atoms with E-state index >= 15 is 0 Å². The molecule has 1 heterocycles. The highest BCUT2D eigenvalue weighted by Crippen LogP contribution is 2.40. The van der Waals surface area contributed by atoms with Crippen LogP contribution in [0, 0.1) is 5.92 Å². The number of ether oxygens (including phenoxy) is 2. The molecule has 0 unspecified atom stereocenters. The number of likely N-dealkylation sites (tertiary alicyclic amines) is 1. The van der Waals surface area contributed by atoms with Crippen LogP contribution in [0.2, 0.25) is 0 Å². The van der Waals surface area contributed by atoms with Crippen molar-refractivity contribution in [3.05, 3.63) is 12.7 Å². The molecule has 0 atom stereocenters. The molecule has 0 aromatic carbocycles. The van der Waals surface area contributed by atoms with E-state index in [0.29, 0.717) is 0 Å². The van der Waals surface area contributed by atoms with Crippen molar-refractivity contribution in [3.63, 3.8) is 0 Å².